The number of rotatable bonds is 2. The van der Waals surface area contributed by atoms with Crippen LogP contribution in [0.15, 0.2) is 0 Å². The molecule has 0 saturated heterocycles. The van der Waals surface area contributed by atoms with E-state index < -0.39 is 0 Å². The summed E-state index contributed by atoms with van der Waals surface area (Å²) in [6, 6.07) is 0. The number of hydrogen-bond acceptors (Lipinski definition) is 2. The molecule has 0 aromatic rings. The minimum atomic E-state index is 0.123. The van der Waals surface area contributed by atoms with E-state index in [0.717, 1.165) is 0 Å². The molecule has 1 radical (unpaired) electrons. The zero-order chi connectivity index (χ0) is 7.56. The maximum Gasteiger partial charge on any atom is 0.417 e. The minimum absolute atomic E-state index is 0.123. The summed E-state index contributed by atoms with van der Waals surface area (Å²) in [5.74, 6) is 1.05. The standard InChI is InChI=1S/C8H13O2/c1-6-3-4-7(2)8(6)10-5-9/h6-8H,3-4H2,1-2H3. The van der Waals surface area contributed by atoms with Crippen LogP contribution in [0.4, 0.5) is 0 Å². The Hall–Kier alpha value is -0.530. The Balaban J connectivity index is 2.45. The largest absolute Gasteiger partial charge is 0.453 e. The monoisotopic (exact) mass is 141 g/mol. The van der Waals surface area contributed by atoms with Gasteiger partial charge in [-0.2, -0.15) is 0 Å². The summed E-state index contributed by atoms with van der Waals surface area (Å²) in [5.41, 5.74) is 0. The van der Waals surface area contributed by atoms with Gasteiger partial charge in [0, 0.05) is 0 Å². The molecule has 0 spiro atoms. The first-order valence-electron chi connectivity index (χ1n) is 3.78. The van der Waals surface area contributed by atoms with Crippen molar-refractivity contribution < 1.29 is 9.53 Å². The second kappa shape index (κ2) is 3.04. The Morgan fingerprint density at radius 1 is 1.30 bits per heavy atom. The second-order valence-corrected chi connectivity index (χ2v) is 3.20. The van der Waals surface area contributed by atoms with Crippen molar-refractivity contribution in [1.82, 2.24) is 0 Å². The molecule has 2 atom stereocenters. The highest BCUT2D eigenvalue weighted by Gasteiger charge is 2.31. The zero-order valence-electron chi connectivity index (χ0n) is 6.46. The highest BCUT2D eigenvalue weighted by molar-refractivity contribution is 5.38. The lowest BCUT2D eigenvalue weighted by atomic mass is 10.0. The first kappa shape index (κ1) is 7.58. The van der Waals surface area contributed by atoms with Crippen molar-refractivity contribution in [1.29, 1.82) is 0 Å². The Bertz CT molecular complexity index is 112. The molecule has 0 aromatic heterocycles. The maximum atomic E-state index is 9.90. The van der Waals surface area contributed by atoms with Gasteiger partial charge in [-0.05, 0) is 24.7 Å². The Morgan fingerprint density at radius 3 is 2.20 bits per heavy atom. The summed E-state index contributed by atoms with van der Waals surface area (Å²) in [5, 5.41) is 0. The van der Waals surface area contributed by atoms with Crippen LogP contribution >= 0.6 is 0 Å². The molecule has 0 amide bonds. The van der Waals surface area contributed by atoms with Gasteiger partial charge in [-0.15, -0.1) is 0 Å². The molecule has 10 heavy (non-hydrogen) atoms. The first-order valence-corrected chi connectivity index (χ1v) is 3.78. The van der Waals surface area contributed by atoms with Crippen LogP contribution in [0.1, 0.15) is 26.7 Å². The van der Waals surface area contributed by atoms with Gasteiger partial charge in [-0.25, -0.2) is 4.79 Å². The Kier molecular flexibility index (Phi) is 2.30. The predicted molar refractivity (Wildman–Crippen MR) is 38.1 cm³/mol. The number of hydrogen-bond donors (Lipinski definition) is 0. The van der Waals surface area contributed by atoms with Crippen molar-refractivity contribution in [3.05, 3.63) is 0 Å². The highest BCUT2D eigenvalue weighted by Crippen LogP contribution is 2.32. The van der Waals surface area contributed by atoms with Crippen molar-refractivity contribution in [2.75, 3.05) is 0 Å². The Labute approximate surface area is 61.6 Å². The van der Waals surface area contributed by atoms with E-state index in [1.165, 1.54) is 19.3 Å². The van der Waals surface area contributed by atoms with E-state index in [9.17, 15) is 4.79 Å². The van der Waals surface area contributed by atoms with Crippen LogP contribution in [-0.4, -0.2) is 12.6 Å². The van der Waals surface area contributed by atoms with E-state index in [2.05, 4.69) is 13.8 Å². The van der Waals surface area contributed by atoms with Gasteiger partial charge in [0.25, 0.3) is 0 Å². The second-order valence-electron chi connectivity index (χ2n) is 3.20. The smallest absolute Gasteiger partial charge is 0.417 e. The molecule has 2 heteroatoms. The van der Waals surface area contributed by atoms with Crippen molar-refractivity contribution >= 4 is 6.47 Å². The molecule has 2 nitrogen and oxygen atoms in total. The van der Waals surface area contributed by atoms with Crippen molar-refractivity contribution in [2.45, 2.75) is 32.8 Å². The van der Waals surface area contributed by atoms with Crippen molar-refractivity contribution in [3.63, 3.8) is 0 Å². The van der Waals surface area contributed by atoms with Gasteiger partial charge < -0.3 is 4.74 Å². The molecule has 0 bridgehead atoms. The van der Waals surface area contributed by atoms with Crippen LogP contribution < -0.4 is 0 Å². The zero-order valence-corrected chi connectivity index (χ0v) is 6.46. The van der Waals surface area contributed by atoms with E-state index >= 15 is 0 Å². The normalized spacial score (nSPS) is 39.6. The molecule has 1 saturated carbocycles. The molecular formula is C8H13O2. The topological polar surface area (TPSA) is 26.3 Å². The SMILES string of the molecule is CC1CCC(C)C1O[C]=O. The fraction of sp³-hybridized carbons (Fsp3) is 0.875. The van der Waals surface area contributed by atoms with Gasteiger partial charge in [0.05, 0.1) is 0 Å². The molecule has 0 N–H and O–H groups in total. The number of ether oxygens (including phenoxy) is 1. The molecule has 0 heterocycles. The van der Waals surface area contributed by atoms with Crippen molar-refractivity contribution in [2.24, 2.45) is 11.8 Å². The maximum absolute atomic E-state index is 9.90. The summed E-state index contributed by atoms with van der Waals surface area (Å²) in [6.07, 6.45) is 2.47. The molecule has 1 aliphatic rings. The lowest BCUT2D eigenvalue weighted by molar-refractivity contribution is 0.112. The van der Waals surface area contributed by atoms with E-state index in [-0.39, 0.29) is 6.10 Å². The molecule has 0 aliphatic heterocycles. The lowest BCUT2D eigenvalue weighted by Crippen LogP contribution is -2.20. The summed E-state index contributed by atoms with van der Waals surface area (Å²) < 4.78 is 4.82. The third-order valence-corrected chi connectivity index (χ3v) is 2.38. The van der Waals surface area contributed by atoms with Crippen LogP contribution in [0, 0.1) is 11.8 Å². The average molecular weight is 141 g/mol. The lowest BCUT2D eigenvalue weighted by Gasteiger charge is -2.16. The van der Waals surface area contributed by atoms with Gasteiger partial charge in [0.15, 0.2) is 0 Å². The van der Waals surface area contributed by atoms with Crippen LogP contribution in [-0.2, 0) is 9.53 Å². The van der Waals surface area contributed by atoms with Crippen LogP contribution in [0.2, 0.25) is 0 Å². The van der Waals surface area contributed by atoms with Crippen LogP contribution in [0.3, 0.4) is 0 Å². The molecule has 2 unspecified atom stereocenters. The van der Waals surface area contributed by atoms with E-state index in [1.54, 1.807) is 0 Å². The fourth-order valence-electron chi connectivity index (χ4n) is 1.70. The van der Waals surface area contributed by atoms with Crippen molar-refractivity contribution in [3.8, 4) is 0 Å². The van der Waals surface area contributed by atoms with Gasteiger partial charge >= 0.3 is 6.47 Å². The van der Waals surface area contributed by atoms with E-state index in [4.69, 9.17) is 4.74 Å². The molecule has 57 valence electrons. The van der Waals surface area contributed by atoms with E-state index in [1.807, 2.05) is 0 Å². The van der Waals surface area contributed by atoms with Gasteiger partial charge in [0.2, 0.25) is 0 Å². The quantitative estimate of drug-likeness (QED) is 0.582. The molecular weight excluding hydrogens is 128 g/mol. The van der Waals surface area contributed by atoms with E-state index in [0.29, 0.717) is 11.8 Å². The Morgan fingerprint density at radius 2 is 1.80 bits per heavy atom. The molecule has 0 aromatic carbocycles. The molecule has 1 aliphatic carbocycles. The van der Waals surface area contributed by atoms with Gasteiger partial charge in [0.1, 0.15) is 6.10 Å². The first-order chi connectivity index (χ1) is 4.75. The summed E-state index contributed by atoms with van der Waals surface area (Å²) in [6.45, 7) is 5.75. The molecule has 1 rings (SSSR count). The third kappa shape index (κ3) is 1.31. The predicted octanol–water partition coefficient (Wildman–Crippen LogP) is 1.50. The minimum Gasteiger partial charge on any atom is -0.453 e. The summed E-state index contributed by atoms with van der Waals surface area (Å²) in [4.78, 5) is 9.90. The van der Waals surface area contributed by atoms with Crippen LogP contribution in [0.25, 0.3) is 0 Å². The number of carbonyl (C=O) groups excluding carboxylic acids is 1. The van der Waals surface area contributed by atoms with Gasteiger partial charge in [-0.3, -0.25) is 0 Å². The van der Waals surface area contributed by atoms with Crippen LogP contribution in [0.5, 0.6) is 0 Å². The summed E-state index contributed by atoms with van der Waals surface area (Å²) in [7, 11) is 0. The average Bonchev–Trinajstić information content (AvgIpc) is 2.20. The van der Waals surface area contributed by atoms with Gasteiger partial charge in [-0.1, -0.05) is 13.8 Å². The highest BCUT2D eigenvalue weighted by atomic mass is 16.5. The molecule has 1 fully saturated rings. The fourth-order valence-corrected chi connectivity index (χ4v) is 1.70. The summed E-state index contributed by atoms with van der Waals surface area (Å²) >= 11 is 0. The third-order valence-electron chi connectivity index (χ3n) is 2.38.